The zero-order valence-electron chi connectivity index (χ0n) is 25.1. The summed E-state index contributed by atoms with van der Waals surface area (Å²) in [6.45, 7) is 0.193. The molecule has 1 aliphatic heterocycles. The molecule has 8 nitrogen and oxygen atoms in total. The Kier molecular flexibility index (Phi) is 9.07. The van der Waals surface area contributed by atoms with Crippen LogP contribution in [0, 0.1) is 23.6 Å². The number of carbonyl (C=O) groups is 2. The van der Waals surface area contributed by atoms with Crippen LogP contribution in [-0.2, 0) is 46.3 Å². The summed E-state index contributed by atoms with van der Waals surface area (Å²) in [5, 5.41) is 2.79. The van der Waals surface area contributed by atoms with Crippen LogP contribution in [0.4, 0.5) is 35.1 Å². The summed E-state index contributed by atoms with van der Waals surface area (Å²) in [6.07, 6.45) is -12.2. The number of hydrogen-bond donors (Lipinski definition) is 1. The number of hydrogen-bond acceptors (Lipinski definition) is 6. The Hall–Kier alpha value is -3.12. The van der Waals surface area contributed by atoms with Crippen LogP contribution < -0.4 is 5.32 Å². The molecule has 1 amide bonds. The smallest absolute Gasteiger partial charge is 0.353 e. The predicted octanol–water partition coefficient (Wildman–Crippen LogP) is 4.72. The average molecular weight is 731 g/mol. The maximum Gasteiger partial charge on any atom is 0.435 e. The van der Waals surface area contributed by atoms with E-state index in [0.29, 0.717) is 12.1 Å². The van der Waals surface area contributed by atoms with Gasteiger partial charge in [-0.15, -0.1) is 0 Å². The van der Waals surface area contributed by atoms with E-state index in [1.807, 2.05) is 0 Å². The molecule has 264 valence electrons. The van der Waals surface area contributed by atoms with Crippen molar-refractivity contribution in [3.63, 3.8) is 0 Å². The van der Waals surface area contributed by atoms with Crippen molar-refractivity contribution in [1.82, 2.24) is 9.62 Å². The molecule has 1 heterocycles. The number of halogens is 8. The zero-order chi connectivity index (χ0) is 35.7. The third-order valence-corrected chi connectivity index (χ3v) is 13.8. The van der Waals surface area contributed by atoms with Crippen LogP contribution in [0.3, 0.4) is 0 Å². The van der Waals surface area contributed by atoms with Crippen molar-refractivity contribution in [2.24, 2.45) is 17.8 Å². The first-order chi connectivity index (χ1) is 22.1. The lowest BCUT2D eigenvalue weighted by atomic mass is 9.70. The molecule has 3 aliphatic rings. The highest BCUT2D eigenvalue weighted by Crippen LogP contribution is 2.62. The van der Waals surface area contributed by atoms with Crippen molar-refractivity contribution in [2.45, 2.75) is 65.8 Å². The highest BCUT2D eigenvalue weighted by molar-refractivity contribution is 7.92. The Bertz CT molecular complexity index is 1790. The second kappa shape index (κ2) is 12.0. The Morgan fingerprint density at radius 2 is 1.50 bits per heavy atom. The van der Waals surface area contributed by atoms with E-state index in [9.17, 15) is 57.2 Å². The molecule has 2 aliphatic carbocycles. The van der Waals surface area contributed by atoms with Crippen molar-refractivity contribution in [1.29, 1.82) is 0 Å². The number of alkyl halides is 7. The number of aryl methyl sites for hydroxylation is 1. The van der Waals surface area contributed by atoms with Crippen LogP contribution in [0.25, 0.3) is 0 Å². The van der Waals surface area contributed by atoms with E-state index in [2.05, 4.69) is 5.32 Å². The quantitative estimate of drug-likeness (QED) is 0.251. The standard InChI is InChI=1S/C30H30F8N2O6S2/c1-47(43,44)40-12-10-21(11-13-40)39-26(42)23-15-19(16-41)27(48(45,46)22-6-4-20(31)5-7-22)24-9-3-18(14-17(24)2-8-25(23)27)28(32,29(33,34)35)30(36,37)38/h3-7,9,14,16,19,21,23,25H,2,8,10-13,15H2,1H3,(H,39,42)/t19?,23-,25+,27+/m1/s1. The molecule has 2 aromatic rings. The van der Waals surface area contributed by atoms with Crippen LogP contribution in [0.5, 0.6) is 0 Å². The minimum absolute atomic E-state index is 0.0966. The fourth-order valence-electron chi connectivity index (χ4n) is 7.64. The van der Waals surface area contributed by atoms with Gasteiger partial charge in [0.15, 0.2) is 9.84 Å². The van der Waals surface area contributed by atoms with E-state index in [1.54, 1.807) is 0 Å². The van der Waals surface area contributed by atoms with Crippen molar-refractivity contribution in [3.05, 3.63) is 65.0 Å². The molecule has 2 aromatic carbocycles. The van der Waals surface area contributed by atoms with E-state index in [-0.39, 0.29) is 68.7 Å². The number of sulfonamides is 1. The van der Waals surface area contributed by atoms with Gasteiger partial charge in [-0.3, -0.25) is 4.79 Å². The van der Waals surface area contributed by atoms with Crippen LogP contribution >= 0.6 is 0 Å². The van der Waals surface area contributed by atoms with Gasteiger partial charge in [-0.2, -0.15) is 26.3 Å². The molecule has 0 aromatic heterocycles. The van der Waals surface area contributed by atoms with Crippen LogP contribution in [0.2, 0.25) is 0 Å². The fraction of sp³-hybridized carbons (Fsp3) is 0.533. The van der Waals surface area contributed by atoms with Gasteiger partial charge in [-0.05, 0) is 73.4 Å². The van der Waals surface area contributed by atoms with Crippen molar-refractivity contribution in [3.8, 4) is 0 Å². The van der Waals surface area contributed by atoms with E-state index >= 15 is 4.39 Å². The second-order valence-electron chi connectivity index (χ2n) is 12.5. The molecule has 1 N–H and O–H groups in total. The number of piperidine rings is 1. The van der Waals surface area contributed by atoms with Gasteiger partial charge in [0.2, 0.25) is 15.9 Å². The predicted molar refractivity (Wildman–Crippen MR) is 154 cm³/mol. The summed E-state index contributed by atoms with van der Waals surface area (Å²) in [4.78, 5) is 26.0. The van der Waals surface area contributed by atoms with Crippen molar-refractivity contribution in [2.75, 3.05) is 19.3 Å². The Labute approximate surface area is 270 Å². The Morgan fingerprint density at radius 3 is 2.02 bits per heavy atom. The molecule has 18 heteroatoms. The normalized spacial score (nSPS) is 26.1. The highest BCUT2D eigenvalue weighted by Gasteiger charge is 2.74. The number of benzene rings is 2. The maximum absolute atomic E-state index is 15.1. The molecular weight excluding hydrogens is 700 g/mol. The van der Waals surface area contributed by atoms with E-state index in [0.717, 1.165) is 30.5 Å². The number of sulfone groups is 1. The number of amides is 1. The molecule has 5 rings (SSSR count). The molecule has 48 heavy (non-hydrogen) atoms. The van der Waals surface area contributed by atoms with Gasteiger partial charge < -0.3 is 10.1 Å². The summed E-state index contributed by atoms with van der Waals surface area (Å²) < 4.78 is 163. The fourth-order valence-corrected chi connectivity index (χ4v) is 11.1. The van der Waals surface area contributed by atoms with Crippen LogP contribution in [-0.4, -0.2) is 71.1 Å². The third-order valence-electron chi connectivity index (χ3n) is 9.86. The monoisotopic (exact) mass is 730 g/mol. The summed E-state index contributed by atoms with van der Waals surface area (Å²) in [5.41, 5.74) is -8.37. The Balaban J connectivity index is 1.63. The maximum atomic E-state index is 15.1. The third kappa shape index (κ3) is 5.60. The average Bonchev–Trinajstić information content (AvgIpc) is 3.36. The summed E-state index contributed by atoms with van der Waals surface area (Å²) in [6, 6.07) is 4.03. The Morgan fingerprint density at radius 1 is 0.917 bits per heavy atom. The van der Waals surface area contributed by atoms with Gasteiger partial charge in [0, 0.05) is 36.5 Å². The van der Waals surface area contributed by atoms with Gasteiger partial charge in [0.25, 0.3) is 0 Å². The molecule has 2 fully saturated rings. The molecule has 0 bridgehead atoms. The van der Waals surface area contributed by atoms with Gasteiger partial charge >= 0.3 is 18.0 Å². The lowest BCUT2D eigenvalue weighted by Crippen LogP contribution is -2.52. The molecule has 0 radical (unpaired) electrons. The number of nitrogens with one attached hydrogen (secondary N) is 1. The molecule has 0 spiro atoms. The minimum Gasteiger partial charge on any atom is -0.353 e. The van der Waals surface area contributed by atoms with E-state index in [4.69, 9.17) is 0 Å². The topological polar surface area (TPSA) is 118 Å². The number of nitrogens with zero attached hydrogens (tertiary/aromatic N) is 1. The van der Waals surface area contributed by atoms with Crippen LogP contribution in [0.15, 0.2) is 47.4 Å². The first kappa shape index (κ1) is 36.2. The first-order valence-corrected chi connectivity index (χ1v) is 18.1. The largest absolute Gasteiger partial charge is 0.435 e. The van der Waals surface area contributed by atoms with Gasteiger partial charge in [-0.25, -0.2) is 29.9 Å². The van der Waals surface area contributed by atoms with Crippen molar-refractivity contribution >= 4 is 32.1 Å². The summed E-state index contributed by atoms with van der Waals surface area (Å²) in [7, 11) is -8.36. The van der Waals surface area contributed by atoms with Gasteiger partial charge in [0.1, 0.15) is 16.9 Å². The number of fused-ring (bicyclic) bond motifs is 3. The zero-order valence-corrected chi connectivity index (χ0v) is 26.7. The van der Waals surface area contributed by atoms with E-state index in [1.165, 1.54) is 4.31 Å². The number of carbonyl (C=O) groups excluding carboxylic acids is 2. The van der Waals surface area contributed by atoms with E-state index < -0.39 is 88.6 Å². The number of aldehydes is 1. The SMILES string of the molecule is CS(=O)(=O)N1CCC(NC(=O)[C@@H]2CC(C=O)[C@]3(S(=O)(=O)c4ccc(F)cc4)c4ccc(C(F)(C(F)(F)F)C(F)(F)F)cc4CC[C@@H]23)CC1. The molecule has 1 saturated heterocycles. The lowest BCUT2D eigenvalue weighted by Gasteiger charge is -2.44. The summed E-state index contributed by atoms with van der Waals surface area (Å²) in [5.74, 6) is -5.48. The summed E-state index contributed by atoms with van der Waals surface area (Å²) >= 11 is 0. The van der Waals surface area contributed by atoms with Gasteiger partial charge in [-0.1, -0.05) is 18.2 Å². The van der Waals surface area contributed by atoms with Crippen LogP contribution in [0.1, 0.15) is 42.4 Å². The molecule has 4 atom stereocenters. The number of rotatable bonds is 7. The molecule has 1 saturated carbocycles. The van der Waals surface area contributed by atoms with Gasteiger partial charge in [0.05, 0.1) is 11.2 Å². The minimum atomic E-state index is -6.44. The second-order valence-corrected chi connectivity index (χ2v) is 16.6. The molecular formula is C30H30F8N2O6S2. The lowest BCUT2D eigenvalue weighted by molar-refractivity contribution is -0.348. The highest BCUT2D eigenvalue weighted by atomic mass is 32.2. The first-order valence-electron chi connectivity index (χ1n) is 14.8. The molecule has 1 unspecified atom stereocenters. The van der Waals surface area contributed by atoms with Crippen molar-refractivity contribution < 1.29 is 61.5 Å².